The Balaban J connectivity index is 1.60. The number of halogens is 1. The number of rotatable bonds is 4. The highest BCUT2D eigenvalue weighted by Gasteiger charge is 2.34. The van der Waals surface area contributed by atoms with Crippen LogP contribution in [-0.4, -0.2) is 23.3 Å². The summed E-state index contributed by atoms with van der Waals surface area (Å²) in [7, 11) is 0. The molecule has 0 saturated carbocycles. The van der Waals surface area contributed by atoms with E-state index in [9.17, 15) is 9.59 Å². The normalized spacial score (nSPS) is 17.3. The van der Waals surface area contributed by atoms with Gasteiger partial charge in [-0.2, -0.15) is 0 Å². The van der Waals surface area contributed by atoms with Gasteiger partial charge in [0, 0.05) is 29.9 Å². The highest BCUT2D eigenvalue weighted by atomic mass is 35.5. The second-order valence-electron chi connectivity index (χ2n) is 5.42. The van der Waals surface area contributed by atoms with Crippen molar-refractivity contribution < 1.29 is 9.59 Å². The van der Waals surface area contributed by atoms with Gasteiger partial charge in [-0.1, -0.05) is 17.7 Å². The quantitative estimate of drug-likeness (QED) is 0.937. The van der Waals surface area contributed by atoms with Crippen LogP contribution in [-0.2, 0) is 16.1 Å². The fraction of sp³-hybridized carbons (Fsp3) is 0.235. The van der Waals surface area contributed by atoms with Crippen LogP contribution in [0, 0.1) is 5.92 Å². The minimum absolute atomic E-state index is 0.0506. The van der Waals surface area contributed by atoms with Gasteiger partial charge in [0.15, 0.2) is 0 Å². The number of anilines is 1. The van der Waals surface area contributed by atoms with E-state index in [1.54, 1.807) is 35.4 Å². The molecule has 1 aromatic carbocycles. The number of amides is 2. The van der Waals surface area contributed by atoms with Gasteiger partial charge in [0.05, 0.1) is 18.2 Å². The zero-order valence-electron chi connectivity index (χ0n) is 12.4. The molecule has 1 fully saturated rings. The smallest absolute Gasteiger partial charge is 0.227 e. The molecule has 5 nitrogen and oxygen atoms in total. The zero-order valence-corrected chi connectivity index (χ0v) is 13.2. The lowest BCUT2D eigenvalue weighted by Gasteiger charge is -2.16. The van der Waals surface area contributed by atoms with E-state index in [0.717, 1.165) is 11.4 Å². The summed E-state index contributed by atoms with van der Waals surface area (Å²) in [5.41, 5.74) is 1.55. The summed E-state index contributed by atoms with van der Waals surface area (Å²) < 4.78 is 0. The number of carbonyl (C=O) groups is 2. The van der Waals surface area contributed by atoms with Crippen LogP contribution in [0.2, 0.25) is 5.02 Å². The first-order chi connectivity index (χ1) is 11.1. The van der Waals surface area contributed by atoms with E-state index in [1.165, 1.54) is 0 Å². The SMILES string of the molecule is O=C(NCc1ccccn1)[C@@H]1CC(=O)N(c2ccc(Cl)cc2)C1. The first kappa shape index (κ1) is 15.5. The maximum Gasteiger partial charge on any atom is 0.227 e. The van der Waals surface area contributed by atoms with Crippen molar-refractivity contribution in [1.29, 1.82) is 0 Å². The Hall–Kier alpha value is -2.40. The number of pyridine rings is 1. The number of nitrogens with one attached hydrogen (secondary N) is 1. The molecule has 0 spiro atoms. The Bertz CT molecular complexity index is 704. The molecule has 0 radical (unpaired) electrons. The number of nitrogens with zero attached hydrogens (tertiary/aromatic N) is 2. The topological polar surface area (TPSA) is 62.3 Å². The van der Waals surface area contributed by atoms with Gasteiger partial charge in [-0.25, -0.2) is 0 Å². The van der Waals surface area contributed by atoms with E-state index in [1.807, 2.05) is 18.2 Å². The Morgan fingerprint density at radius 1 is 1.26 bits per heavy atom. The van der Waals surface area contributed by atoms with Crippen LogP contribution < -0.4 is 10.2 Å². The van der Waals surface area contributed by atoms with Crippen molar-refractivity contribution in [3.8, 4) is 0 Å². The van der Waals surface area contributed by atoms with E-state index >= 15 is 0 Å². The molecule has 0 unspecified atom stereocenters. The molecule has 1 N–H and O–H groups in total. The molecule has 6 heteroatoms. The van der Waals surface area contributed by atoms with Crippen molar-refractivity contribution in [1.82, 2.24) is 10.3 Å². The first-order valence-electron chi connectivity index (χ1n) is 7.37. The van der Waals surface area contributed by atoms with Crippen LogP contribution in [0.3, 0.4) is 0 Å². The van der Waals surface area contributed by atoms with Gasteiger partial charge in [0.2, 0.25) is 11.8 Å². The molecule has 1 atom stereocenters. The van der Waals surface area contributed by atoms with Gasteiger partial charge in [-0.15, -0.1) is 0 Å². The highest BCUT2D eigenvalue weighted by molar-refractivity contribution is 6.30. The molecular formula is C17H16ClN3O2. The molecule has 1 aromatic heterocycles. The molecule has 2 amide bonds. The summed E-state index contributed by atoms with van der Waals surface area (Å²) in [5, 5.41) is 3.46. The Labute approximate surface area is 139 Å². The van der Waals surface area contributed by atoms with Crippen molar-refractivity contribution >= 4 is 29.1 Å². The lowest BCUT2D eigenvalue weighted by Crippen LogP contribution is -2.32. The third-order valence-electron chi connectivity index (χ3n) is 3.80. The Kier molecular flexibility index (Phi) is 4.57. The fourth-order valence-electron chi connectivity index (χ4n) is 2.58. The minimum atomic E-state index is -0.345. The van der Waals surface area contributed by atoms with Crippen LogP contribution in [0.25, 0.3) is 0 Å². The van der Waals surface area contributed by atoms with Crippen LogP contribution in [0.1, 0.15) is 12.1 Å². The Morgan fingerprint density at radius 2 is 2.04 bits per heavy atom. The van der Waals surface area contributed by atoms with Crippen molar-refractivity contribution in [2.45, 2.75) is 13.0 Å². The average molecular weight is 330 g/mol. The summed E-state index contributed by atoms with van der Waals surface area (Å²) in [6.07, 6.45) is 1.90. The molecular weight excluding hydrogens is 314 g/mol. The van der Waals surface area contributed by atoms with Gasteiger partial charge in [0.1, 0.15) is 0 Å². The molecule has 2 aromatic rings. The summed E-state index contributed by atoms with van der Waals surface area (Å²) in [5.74, 6) is -0.521. The van der Waals surface area contributed by atoms with Crippen LogP contribution in [0.4, 0.5) is 5.69 Å². The molecule has 0 aliphatic carbocycles. The van der Waals surface area contributed by atoms with E-state index in [2.05, 4.69) is 10.3 Å². The molecule has 1 saturated heterocycles. The second kappa shape index (κ2) is 6.79. The fourth-order valence-corrected chi connectivity index (χ4v) is 2.70. The van der Waals surface area contributed by atoms with Crippen molar-refractivity contribution in [2.24, 2.45) is 5.92 Å². The predicted molar refractivity (Wildman–Crippen MR) is 88.0 cm³/mol. The van der Waals surface area contributed by atoms with Crippen molar-refractivity contribution in [2.75, 3.05) is 11.4 Å². The maximum atomic E-state index is 12.3. The van der Waals surface area contributed by atoms with E-state index in [-0.39, 0.29) is 24.2 Å². The molecule has 1 aliphatic heterocycles. The maximum absolute atomic E-state index is 12.3. The largest absolute Gasteiger partial charge is 0.350 e. The lowest BCUT2D eigenvalue weighted by molar-refractivity contribution is -0.126. The van der Waals surface area contributed by atoms with Gasteiger partial charge < -0.3 is 10.2 Å². The second-order valence-corrected chi connectivity index (χ2v) is 5.86. The van der Waals surface area contributed by atoms with Crippen molar-refractivity contribution in [3.63, 3.8) is 0 Å². The van der Waals surface area contributed by atoms with E-state index < -0.39 is 0 Å². The lowest BCUT2D eigenvalue weighted by atomic mass is 10.1. The summed E-state index contributed by atoms with van der Waals surface area (Å²) >= 11 is 5.86. The van der Waals surface area contributed by atoms with E-state index in [4.69, 9.17) is 11.6 Å². The summed E-state index contributed by atoms with van der Waals surface area (Å²) in [6, 6.07) is 12.6. The molecule has 3 rings (SSSR count). The number of benzene rings is 1. The number of aromatic nitrogens is 1. The zero-order chi connectivity index (χ0) is 16.2. The average Bonchev–Trinajstić information content (AvgIpc) is 2.96. The standard InChI is InChI=1S/C17H16ClN3O2/c18-13-4-6-15(7-5-13)21-11-12(9-16(21)22)17(23)20-10-14-3-1-2-8-19-14/h1-8,12H,9-11H2,(H,20,23)/t12-/m1/s1. The highest BCUT2D eigenvalue weighted by Crippen LogP contribution is 2.26. The van der Waals surface area contributed by atoms with Gasteiger partial charge in [0.25, 0.3) is 0 Å². The summed E-state index contributed by atoms with van der Waals surface area (Å²) in [4.78, 5) is 30.2. The number of hydrogen-bond donors (Lipinski definition) is 1. The number of hydrogen-bond acceptors (Lipinski definition) is 3. The molecule has 1 aliphatic rings. The van der Waals surface area contributed by atoms with E-state index in [0.29, 0.717) is 18.1 Å². The predicted octanol–water partition coefficient (Wildman–Crippen LogP) is 2.40. The molecule has 118 valence electrons. The van der Waals surface area contributed by atoms with Crippen LogP contribution >= 0.6 is 11.6 Å². The van der Waals surface area contributed by atoms with Gasteiger partial charge in [-0.3, -0.25) is 14.6 Å². The van der Waals surface area contributed by atoms with Crippen molar-refractivity contribution in [3.05, 3.63) is 59.4 Å². The van der Waals surface area contributed by atoms with Crippen LogP contribution in [0.15, 0.2) is 48.7 Å². The van der Waals surface area contributed by atoms with Gasteiger partial charge in [-0.05, 0) is 36.4 Å². The molecule has 23 heavy (non-hydrogen) atoms. The third kappa shape index (κ3) is 3.68. The molecule has 2 heterocycles. The first-order valence-corrected chi connectivity index (χ1v) is 7.75. The monoisotopic (exact) mass is 329 g/mol. The van der Waals surface area contributed by atoms with Crippen LogP contribution in [0.5, 0.6) is 0 Å². The third-order valence-corrected chi connectivity index (χ3v) is 4.06. The van der Waals surface area contributed by atoms with Gasteiger partial charge >= 0.3 is 0 Å². The minimum Gasteiger partial charge on any atom is -0.350 e. The summed E-state index contributed by atoms with van der Waals surface area (Å²) in [6.45, 7) is 0.750. The number of carbonyl (C=O) groups excluding carboxylic acids is 2. The molecule has 0 bridgehead atoms. The Morgan fingerprint density at radius 3 is 2.74 bits per heavy atom.